The van der Waals surface area contributed by atoms with Crippen molar-refractivity contribution < 1.29 is 95.3 Å². The zero-order valence-corrected chi connectivity index (χ0v) is 35.8. The molecule has 61 heavy (non-hydrogen) atoms. The smallest absolute Gasteiger partial charge is 0.305 e. The molecule has 0 atom stereocenters. The number of aliphatic carboxylic acids is 1. The molecular weight excluding hydrogens is 814 g/mol. The molecule has 1 aliphatic heterocycles. The van der Waals surface area contributed by atoms with Crippen LogP contribution in [0.15, 0.2) is 12.2 Å². The highest BCUT2D eigenvalue weighted by molar-refractivity contribution is 6.14. The van der Waals surface area contributed by atoms with Crippen molar-refractivity contribution in [1.29, 1.82) is 0 Å². The Morgan fingerprint density at radius 3 is 0.787 bits per heavy atom. The second-order valence-corrected chi connectivity index (χ2v) is 12.6. The second-order valence-electron chi connectivity index (χ2n) is 12.6. The lowest BCUT2D eigenvalue weighted by Crippen LogP contribution is -2.35. The minimum absolute atomic E-state index is 0.0108. The molecule has 0 aliphatic carbocycles. The molecule has 1 N–H and O–H groups in total. The van der Waals surface area contributed by atoms with Crippen LogP contribution >= 0.6 is 0 Å². The van der Waals surface area contributed by atoms with E-state index < -0.39 is 17.8 Å². The zero-order valence-electron chi connectivity index (χ0n) is 35.8. The largest absolute Gasteiger partial charge is 0.481 e. The SMILES string of the molecule is O=C(O)CCOCCOCCOCCOCCOCCOCCOCCOCCOCCOCCOCCOCCOCCOCCOCCCC(=O)CN1C(=O)C=CC1=O. The van der Waals surface area contributed by atoms with Crippen LogP contribution in [0.1, 0.15) is 19.3 Å². The maximum Gasteiger partial charge on any atom is 0.305 e. The van der Waals surface area contributed by atoms with Crippen LogP contribution < -0.4 is 0 Å². The number of imide groups is 1. The van der Waals surface area contributed by atoms with Gasteiger partial charge in [-0.2, -0.15) is 0 Å². The van der Waals surface area contributed by atoms with Gasteiger partial charge in [0.05, 0.1) is 205 Å². The number of hydrogen-bond acceptors (Lipinski definition) is 19. The summed E-state index contributed by atoms with van der Waals surface area (Å²) in [6, 6.07) is 0. The first-order chi connectivity index (χ1) is 30.0. The Hall–Kier alpha value is -2.58. The first-order valence-corrected chi connectivity index (χ1v) is 20.9. The third kappa shape index (κ3) is 41.2. The van der Waals surface area contributed by atoms with E-state index in [2.05, 4.69) is 0 Å². The van der Waals surface area contributed by atoms with E-state index in [1.165, 1.54) is 0 Å². The highest BCUT2D eigenvalue weighted by Crippen LogP contribution is 2.05. The molecule has 1 heterocycles. The molecule has 2 amide bonds. The monoisotopic (exact) mass is 885 g/mol. The predicted octanol–water partition coefficient (Wildman–Crippen LogP) is -0.0156. The van der Waals surface area contributed by atoms with E-state index in [0.29, 0.717) is 198 Å². The average molecular weight is 886 g/mol. The van der Waals surface area contributed by atoms with Crippen LogP contribution in [0.25, 0.3) is 0 Å². The molecule has 0 aromatic rings. The van der Waals surface area contributed by atoms with Gasteiger partial charge in [-0.25, -0.2) is 0 Å². The Morgan fingerprint density at radius 2 is 0.557 bits per heavy atom. The van der Waals surface area contributed by atoms with E-state index in [1.54, 1.807) is 0 Å². The number of carboxylic acid groups (broad SMARTS) is 1. The lowest BCUT2D eigenvalue weighted by molar-refractivity contribution is -0.140. The molecule has 0 aromatic heterocycles. The fourth-order valence-corrected chi connectivity index (χ4v) is 4.55. The number of carbonyl (C=O) groups is 4. The van der Waals surface area contributed by atoms with Crippen LogP contribution in [0, 0.1) is 0 Å². The summed E-state index contributed by atoms with van der Waals surface area (Å²) in [5.41, 5.74) is 0. The van der Waals surface area contributed by atoms with Crippen LogP contribution in [0.2, 0.25) is 0 Å². The molecule has 1 rings (SSSR count). The Bertz CT molecular complexity index is 1050. The van der Waals surface area contributed by atoms with Gasteiger partial charge in [0.15, 0.2) is 5.78 Å². The number of Topliss-reactive ketones (excluding diaryl/α,β-unsaturated/α-hetero) is 1. The standard InChI is InChI=1S/C40H71NO20/c42-37(36-41-38(43)3-4-39(41)44)2-1-6-47-8-10-49-12-14-51-16-18-53-20-22-55-24-26-57-28-30-59-32-34-61-35-33-60-31-29-58-27-25-56-23-21-54-19-17-52-15-13-50-11-9-48-7-5-40(45)46/h3-4H,1-2,5-36H2,(H,45,46). The summed E-state index contributed by atoms with van der Waals surface area (Å²) in [6.45, 7) is 13.0. The lowest BCUT2D eigenvalue weighted by atomic mass is 10.2. The second kappa shape index (κ2) is 45.4. The molecule has 0 spiro atoms. The first-order valence-electron chi connectivity index (χ1n) is 20.9. The van der Waals surface area contributed by atoms with E-state index in [-0.39, 0.29) is 31.8 Å². The molecule has 1 aliphatic rings. The number of amides is 2. The van der Waals surface area contributed by atoms with E-state index in [9.17, 15) is 19.2 Å². The Balaban J connectivity index is 1.62. The highest BCUT2D eigenvalue weighted by Gasteiger charge is 2.25. The zero-order chi connectivity index (χ0) is 43.9. The van der Waals surface area contributed by atoms with Gasteiger partial charge >= 0.3 is 5.97 Å². The van der Waals surface area contributed by atoms with Crippen LogP contribution in [-0.2, 0) is 90.2 Å². The van der Waals surface area contributed by atoms with Crippen molar-refractivity contribution in [1.82, 2.24) is 4.90 Å². The number of hydrogen-bond donors (Lipinski definition) is 1. The van der Waals surface area contributed by atoms with Crippen molar-refractivity contribution >= 4 is 23.6 Å². The van der Waals surface area contributed by atoms with Gasteiger partial charge in [0.1, 0.15) is 0 Å². The number of rotatable bonds is 51. The summed E-state index contributed by atoms with van der Waals surface area (Å²) >= 11 is 0. The summed E-state index contributed by atoms with van der Waals surface area (Å²) in [5, 5.41) is 8.50. The molecule has 0 saturated carbocycles. The molecule has 0 radical (unpaired) electrons. The molecule has 21 heteroatoms. The molecule has 0 aromatic carbocycles. The quantitative estimate of drug-likeness (QED) is 0.0625. The van der Waals surface area contributed by atoms with Gasteiger partial charge in [0.2, 0.25) is 0 Å². The first kappa shape index (κ1) is 56.4. The normalized spacial score (nSPS) is 12.7. The minimum Gasteiger partial charge on any atom is -0.481 e. The van der Waals surface area contributed by atoms with Gasteiger partial charge in [-0.05, 0) is 6.42 Å². The molecule has 21 nitrogen and oxygen atoms in total. The summed E-state index contributed by atoms with van der Waals surface area (Å²) < 4.78 is 81.4. The van der Waals surface area contributed by atoms with E-state index in [1.807, 2.05) is 0 Å². The summed E-state index contributed by atoms with van der Waals surface area (Å²) in [6.07, 6.45) is 3.06. The Morgan fingerprint density at radius 1 is 0.344 bits per heavy atom. The minimum atomic E-state index is -0.881. The molecule has 356 valence electrons. The van der Waals surface area contributed by atoms with Crippen molar-refractivity contribution in [3.05, 3.63) is 12.2 Å². The number of carbonyl (C=O) groups excluding carboxylic acids is 3. The van der Waals surface area contributed by atoms with Gasteiger partial charge in [-0.3, -0.25) is 24.1 Å². The summed E-state index contributed by atoms with van der Waals surface area (Å²) in [5.74, 6) is -1.98. The van der Waals surface area contributed by atoms with Crippen LogP contribution in [0.3, 0.4) is 0 Å². The topological polar surface area (TPSA) is 230 Å². The van der Waals surface area contributed by atoms with Crippen LogP contribution in [-0.4, -0.2) is 238 Å². The van der Waals surface area contributed by atoms with Crippen molar-refractivity contribution in [3.63, 3.8) is 0 Å². The molecule has 0 fully saturated rings. The van der Waals surface area contributed by atoms with E-state index in [0.717, 1.165) is 17.1 Å². The Kier molecular flexibility index (Phi) is 42.0. The van der Waals surface area contributed by atoms with Crippen molar-refractivity contribution in [2.45, 2.75) is 19.3 Å². The highest BCUT2D eigenvalue weighted by atomic mass is 16.6. The number of carboxylic acids is 1. The van der Waals surface area contributed by atoms with Gasteiger partial charge in [-0.15, -0.1) is 0 Å². The average Bonchev–Trinajstić information content (AvgIpc) is 3.56. The molecule has 0 unspecified atom stereocenters. The third-order valence-electron chi connectivity index (χ3n) is 7.65. The van der Waals surface area contributed by atoms with Gasteiger partial charge in [0.25, 0.3) is 11.8 Å². The number of ketones is 1. The third-order valence-corrected chi connectivity index (χ3v) is 7.65. The maximum absolute atomic E-state index is 11.9. The van der Waals surface area contributed by atoms with E-state index >= 15 is 0 Å². The van der Waals surface area contributed by atoms with Crippen molar-refractivity contribution in [2.75, 3.05) is 205 Å². The van der Waals surface area contributed by atoms with Gasteiger partial charge in [-0.1, -0.05) is 0 Å². The Labute approximate surface area is 359 Å². The predicted molar refractivity (Wildman–Crippen MR) is 215 cm³/mol. The van der Waals surface area contributed by atoms with Crippen LogP contribution in [0.5, 0.6) is 0 Å². The fraction of sp³-hybridized carbons (Fsp3) is 0.850. The van der Waals surface area contributed by atoms with Crippen LogP contribution in [0.4, 0.5) is 0 Å². The van der Waals surface area contributed by atoms with Gasteiger partial charge < -0.3 is 76.2 Å². The summed E-state index contributed by atoms with van der Waals surface area (Å²) in [4.78, 5) is 46.1. The molecule has 0 bridgehead atoms. The maximum atomic E-state index is 11.9. The van der Waals surface area contributed by atoms with Crippen molar-refractivity contribution in [3.8, 4) is 0 Å². The van der Waals surface area contributed by atoms with Crippen molar-refractivity contribution in [2.24, 2.45) is 0 Å². The molecule has 0 saturated heterocycles. The van der Waals surface area contributed by atoms with Gasteiger partial charge in [0, 0.05) is 25.2 Å². The summed E-state index contributed by atoms with van der Waals surface area (Å²) in [7, 11) is 0. The lowest BCUT2D eigenvalue weighted by Gasteiger charge is -2.12. The van der Waals surface area contributed by atoms with E-state index in [4.69, 9.17) is 76.2 Å². The fourth-order valence-electron chi connectivity index (χ4n) is 4.55. The number of nitrogens with zero attached hydrogens (tertiary/aromatic N) is 1. The molecular formula is C40H71NO20. The number of ether oxygens (including phenoxy) is 15.